The first kappa shape index (κ1) is 10.9. The maximum atomic E-state index is 12.9. The third kappa shape index (κ3) is 2.18. The molecular weight excluding hydrogens is 197 g/mol. The molecule has 0 saturated carbocycles. The Hall–Kier alpha value is -0.200. The van der Waals surface area contributed by atoms with Gasteiger partial charge in [-0.3, -0.25) is 0 Å². The first-order valence-corrected chi connectivity index (χ1v) is 5.86. The van der Waals surface area contributed by atoms with Gasteiger partial charge in [0, 0.05) is 6.54 Å². The Labute approximate surface area is 77.4 Å². The molecule has 0 aromatic carbocycles. The second-order valence-electron chi connectivity index (χ2n) is 3.14. The van der Waals surface area contributed by atoms with Crippen LogP contribution in [0.15, 0.2) is 0 Å². The van der Waals surface area contributed by atoms with E-state index in [2.05, 4.69) is 0 Å². The largest absolute Gasteiger partial charge is 0.395 e. The average molecular weight is 211 g/mol. The van der Waals surface area contributed by atoms with Crippen molar-refractivity contribution in [1.29, 1.82) is 0 Å². The van der Waals surface area contributed by atoms with Gasteiger partial charge >= 0.3 is 0 Å². The van der Waals surface area contributed by atoms with Crippen LogP contribution in [0.5, 0.6) is 0 Å². The third-order valence-electron chi connectivity index (χ3n) is 2.25. The predicted molar refractivity (Wildman–Crippen MR) is 46.6 cm³/mol. The average Bonchev–Trinajstić information content (AvgIpc) is 2.47. The molecule has 0 amide bonds. The lowest BCUT2D eigenvalue weighted by atomic mass is 10.2. The Morgan fingerprint density at radius 3 is 2.69 bits per heavy atom. The Morgan fingerprint density at radius 2 is 2.23 bits per heavy atom. The van der Waals surface area contributed by atoms with Crippen LogP contribution in [-0.2, 0) is 10.0 Å². The van der Waals surface area contributed by atoms with Crippen LogP contribution in [0.2, 0.25) is 0 Å². The molecule has 0 radical (unpaired) electrons. The molecule has 1 N–H and O–H groups in total. The molecule has 2 atom stereocenters. The van der Waals surface area contributed by atoms with Gasteiger partial charge in [-0.25, -0.2) is 12.8 Å². The number of nitrogens with zero attached hydrogens (tertiary/aromatic N) is 1. The number of alkyl halides is 1. The molecule has 6 heteroatoms. The van der Waals surface area contributed by atoms with Gasteiger partial charge in [0.2, 0.25) is 10.0 Å². The molecule has 0 aromatic heterocycles. The molecule has 2 unspecified atom stereocenters. The lowest BCUT2D eigenvalue weighted by Crippen LogP contribution is -2.38. The molecule has 4 nitrogen and oxygen atoms in total. The minimum absolute atomic E-state index is 0.0454. The van der Waals surface area contributed by atoms with Crippen molar-refractivity contribution in [3.8, 4) is 0 Å². The lowest BCUT2D eigenvalue weighted by Gasteiger charge is -2.20. The van der Waals surface area contributed by atoms with Gasteiger partial charge in [0.25, 0.3) is 0 Å². The smallest absolute Gasteiger partial charge is 0.214 e. The van der Waals surface area contributed by atoms with Crippen molar-refractivity contribution < 1.29 is 17.9 Å². The van der Waals surface area contributed by atoms with E-state index in [1.165, 1.54) is 6.92 Å². The van der Waals surface area contributed by atoms with Gasteiger partial charge in [0.05, 0.1) is 18.4 Å². The monoisotopic (exact) mass is 211 g/mol. The van der Waals surface area contributed by atoms with Crippen LogP contribution in [-0.4, -0.2) is 48.9 Å². The van der Waals surface area contributed by atoms with Crippen molar-refractivity contribution in [2.24, 2.45) is 0 Å². The molecule has 1 rings (SSSR count). The topological polar surface area (TPSA) is 57.6 Å². The van der Waals surface area contributed by atoms with Crippen molar-refractivity contribution in [3.05, 3.63) is 0 Å². The second kappa shape index (κ2) is 3.89. The SMILES string of the molecule is CCS(=O)(=O)N1CC(F)CC1CO. The van der Waals surface area contributed by atoms with Crippen molar-refractivity contribution in [2.45, 2.75) is 25.6 Å². The van der Waals surface area contributed by atoms with E-state index in [1.54, 1.807) is 0 Å². The van der Waals surface area contributed by atoms with Gasteiger partial charge in [-0.15, -0.1) is 0 Å². The van der Waals surface area contributed by atoms with E-state index in [-0.39, 0.29) is 25.3 Å². The van der Waals surface area contributed by atoms with Gasteiger partial charge in [-0.1, -0.05) is 0 Å². The summed E-state index contributed by atoms with van der Waals surface area (Å²) in [6.45, 7) is 1.09. The minimum atomic E-state index is -3.36. The van der Waals surface area contributed by atoms with E-state index < -0.39 is 22.2 Å². The molecule has 1 heterocycles. The fraction of sp³-hybridized carbons (Fsp3) is 1.00. The fourth-order valence-electron chi connectivity index (χ4n) is 1.50. The number of hydrogen-bond donors (Lipinski definition) is 1. The molecule has 78 valence electrons. The van der Waals surface area contributed by atoms with Crippen LogP contribution in [0.25, 0.3) is 0 Å². The number of halogens is 1. The van der Waals surface area contributed by atoms with Crippen molar-refractivity contribution in [1.82, 2.24) is 4.31 Å². The van der Waals surface area contributed by atoms with Gasteiger partial charge in [0.1, 0.15) is 6.17 Å². The number of hydrogen-bond acceptors (Lipinski definition) is 3. The minimum Gasteiger partial charge on any atom is -0.395 e. The molecule has 13 heavy (non-hydrogen) atoms. The maximum absolute atomic E-state index is 12.9. The number of aliphatic hydroxyl groups is 1. The Balaban J connectivity index is 2.80. The molecule has 1 aliphatic heterocycles. The summed E-state index contributed by atoms with van der Waals surface area (Å²) in [5, 5.41) is 8.84. The highest BCUT2D eigenvalue weighted by atomic mass is 32.2. The summed E-state index contributed by atoms with van der Waals surface area (Å²) in [4.78, 5) is 0. The third-order valence-corrected chi connectivity index (χ3v) is 4.14. The van der Waals surface area contributed by atoms with Crippen molar-refractivity contribution >= 4 is 10.0 Å². The van der Waals surface area contributed by atoms with Gasteiger partial charge < -0.3 is 5.11 Å². The number of sulfonamides is 1. The highest BCUT2D eigenvalue weighted by Gasteiger charge is 2.38. The molecule has 1 saturated heterocycles. The Bertz CT molecular complexity index is 267. The van der Waals surface area contributed by atoms with Crippen LogP contribution >= 0.6 is 0 Å². The van der Waals surface area contributed by atoms with Crippen molar-refractivity contribution in [3.63, 3.8) is 0 Å². The Kier molecular flexibility index (Phi) is 3.26. The Morgan fingerprint density at radius 1 is 1.62 bits per heavy atom. The zero-order valence-electron chi connectivity index (χ0n) is 7.48. The number of aliphatic hydroxyl groups excluding tert-OH is 1. The molecule has 1 fully saturated rings. The van der Waals surface area contributed by atoms with E-state index in [0.717, 1.165) is 4.31 Å². The van der Waals surface area contributed by atoms with E-state index >= 15 is 0 Å². The maximum Gasteiger partial charge on any atom is 0.214 e. The van der Waals surface area contributed by atoms with E-state index in [4.69, 9.17) is 5.11 Å². The lowest BCUT2D eigenvalue weighted by molar-refractivity contribution is 0.213. The molecule has 0 spiro atoms. The normalized spacial score (nSPS) is 31.0. The number of rotatable bonds is 3. The van der Waals surface area contributed by atoms with Crippen LogP contribution in [0.4, 0.5) is 4.39 Å². The molecule has 1 aliphatic rings. The van der Waals surface area contributed by atoms with Gasteiger partial charge in [0.15, 0.2) is 0 Å². The summed E-state index contributed by atoms with van der Waals surface area (Å²) in [5.41, 5.74) is 0. The predicted octanol–water partition coefficient (Wildman–Crippen LogP) is -0.259. The first-order valence-electron chi connectivity index (χ1n) is 4.25. The van der Waals surface area contributed by atoms with E-state index in [9.17, 15) is 12.8 Å². The zero-order chi connectivity index (χ0) is 10.1. The van der Waals surface area contributed by atoms with Crippen molar-refractivity contribution in [2.75, 3.05) is 18.9 Å². The van der Waals surface area contributed by atoms with Gasteiger partial charge in [-0.2, -0.15) is 4.31 Å². The fourth-order valence-corrected chi connectivity index (χ4v) is 2.83. The molecule has 0 aliphatic carbocycles. The quantitative estimate of drug-likeness (QED) is 0.699. The second-order valence-corrected chi connectivity index (χ2v) is 5.35. The zero-order valence-corrected chi connectivity index (χ0v) is 8.30. The van der Waals surface area contributed by atoms with Crippen LogP contribution in [0.1, 0.15) is 13.3 Å². The summed E-state index contributed by atoms with van der Waals surface area (Å²) >= 11 is 0. The molecule has 0 aromatic rings. The summed E-state index contributed by atoms with van der Waals surface area (Å²) in [6, 6.07) is -0.569. The van der Waals surface area contributed by atoms with Crippen LogP contribution < -0.4 is 0 Å². The summed E-state index contributed by atoms with van der Waals surface area (Å²) < 4.78 is 36.7. The van der Waals surface area contributed by atoms with Crippen LogP contribution in [0, 0.1) is 0 Å². The van der Waals surface area contributed by atoms with E-state index in [0.29, 0.717) is 0 Å². The van der Waals surface area contributed by atoms with Gasteiger partial charge in [-0.05, 0) is 13.3 Å². The molecular formula is C7H14FNO3S. The molecule has 0 bridgehead atoms. The first-order chi connectivity index (χ1) is 6.01. The standard InChI is InChI=1S/C7H14FNO3S/c1-2-13(11,12)9-4-6(8)3-7(9)5-10/h6-7,10H,2-5H2,1H3. The highest BCUT2D eigenvalue weighted by Crippen LogP contribution is 2.23. The van der Waals surface area contributed by atoms with Crippen LogP contribution in [0.3, 0.4) is 0 Å². The summed E-state index contributed by atoms with van der Waals surface area (Å²) in [7, 11) is -3.36. The summed E-state index contributed by atoms with van der Waals surface area (Å²) in [6.07, 6.45) is -1.03. The highest BCUT2D eigenvalue weighted by molar-refractivity contribution is 7.89. The van der Waals surface area contributed by atoms with E-state index in [1.807, 2.05) is 0 Å². The summed E-state index contributed by atoms with van der Waals surface area (Å²) in [5.74, 6) is -0.0454.